The molecule has 0 spiro atoms. The second kappa shape index (κ2) is 5.47. The Balaban J connectivity index is 1.62. The maximum Gasteiger partial charge on any atom is 0.0951 e. The molecule has 19 heavy (non-hydrogen) atoms. The first-order valence-corrected chi connectivity index (χ1v) is 7.53. The molecule has 3 nitrogen and oxygen atoms in total. The van der Waals surface area contributed by atoms with E-state index in [0.717, 1.165) is 11.0 Å². The van der Waals surface area contributed by atoms with E-state index >= 15 is 0 Å². The molecule has 1 heterocycles. The maximum atomic E-state index is 4.26. The molecule has 0 bridgehead atoms. The van der Waals surface area contributed by atoms with E-state index in [-0.39, 0.29) is 0 Å². The van der Waals surface area contributed by atoms with Gasteiger partial charge in [0.1, 0.15) is 0 Å². The molecule has 1 aromatic carbocycles. The lowest BCUT2D eigenvalue weighted by Crippen LogP contribution is -2.19. The Kier molecular flexibility index (Phi) is 3.71. The van der Waals surface area contributed by atoms with E-state index in [1.807, 2.05) is 12.5 Å². The van der Waals surface area contributed by atoms with Crippen molar-refractivity contribution in [1.82, 2.24) is 14.9 Å². The molecule has 4 heteroatoms. The molecular weight excluding hydrogens is 302 g/mol. The average molecular weight is 320 g/mol. The van der Waals surface area contributed by atoms with Crippen LogP contribution in [0, 0.1) is 0 Å². The number of rotatable bonds is 5. The molecule has 3 rings (SSSR count). The summed E-state index contributed by atoms with van der Waals surface area (Å²) in [7, 11) is 0. The van der Waals surface area contributed by atoms with Gasteiger partial charge in [0.25, 0.3) is 0 Å². The highest BCUT2D eigenvalue weighted by atomic mass is 79.9. The van der Waals surface area contributed by atoms with Crippen LogP contribution < -0.4 is 5.32 Å². The predicted molar refractivity (Wildman–Crippen MR) is 79.9 cm³/mol. The normalized spacial score (nSPS) is 16.5. The zero-order chi connectivity index (χ0) is 13.2. The van der Waals surface area contributed by atoms with Crippen molar-refractivity contribution < 1.29 is 0 Å². The number of imidazole rings is 1. The van der Waals surface area contributed by atoms with E-state index in [9.17, 15) is 0 Å². The lowest BCUT2D eigenvalue weighted by atomic mass is 10.1. The van der Waals surface area contributed by atoms with Crippen molar-refractivity contribution in [1.29, 1.82) is 0 Å². The van der Waals surface area contributed by atoms with Crippen molar-refractivity contribution in [2.45, 2.75) is 38.4 Å². The van der Waals surface area contributed by atoms with Gasteiger partial charge in [-0.1, -0.05) is 28.1 Å². The third-order valence-electron chi connectivity index (χ3n) is 3.65. The fraction of sp³-hybridized carbons (Fsp3) is 0.400. The molecule has 1 N–H and O–H groups in total. The molecule has 0 aliphatic heterocycles. The molecule has 100 valence electrons. The zero-order valence-corrected chi connectivity index (χ0v) is 12.6. The molecule has 0 amide bonds. The smallest absolute Gasteiger partial charge is 0.0951 e. The number of hydrogen-bond acceptors (Lipinski definition) is 2. The first-order valence-electron chi connectivity index (χ1n) is 6.73. The van der Waals surface area contributed by atoms with Gasteiger partial charge in [0.05, 0.1) is 12.0 Å². The third kappa shape index (κ3) is 3.07. The Hall–Kier alpha value is -1.13. The van der Waals surface area contributed by atoms with Gasteiger partial charge >= 0.3 is 0 Å². The molecule has 0 saturated heterocycles. The van der Waals surface area contributed by atoms with Gasteiger partial charge in [0, 0.05) is 29.3 Å². The molecular formula is C15H18BrN3. The summed E-state index contributed by atoms with van der Waals surface area (Å²) in [6, 6.07) is 9.52. The van der Waals surface area contributed by atoms with Gasteiger partial charge in [0.15, 0.2) is 0 Å². The highest BCUT2D eigenvalue weighted by Crippen LogP contribution is 2.35. The van der Waals surface area contributed by atoms with Gasteiger partial charge in [-0.3, -0.25) is 0 Å². The zero-order valence-electron chi connectivity index (χ0n) is 11.0. The Morgan fingerprint density at radius 3 is 2.79 bits per heavy atom. The van der Waals surface area contributed by atoms with Gasteiger partial charge in [-0.05, 0) is 37.5 Å². The fourth-order valence-corrected chi connectivity index (χ4v) is 2.54. The van der Waals surface area contributed by atoms with E-state index in [4.69, 9.17) is 0 Å². The average Bonchev–Trinajstić information content (AvgIpc) is 3.16. The lowest BCUT2D eigenvalue weighted by Gasteiger charge is -2.15. The van der Waals surface area contributed by atoms with Gasteiger partial charge in [-0.2, -0.15) is 0 Å². The fourth-order valence-electron chi connectivity index (χ4n) is 2.28. The summed E-state index contributed by atoms with van der Waals surface area (Å²) in [5.41, 5.74) is 2.59. The van der Waals surface area contributed by atoms with Gasteiger partial charge in [-0.25, -0.2) is 4.98 Å². The SMILES string of the molecule is C[C@H](NCc1cncn1C1CC1)c1ccc(Br)cc1. The Bertz CT molecular complexity index is 543. The maximum absolute atomic E-state index is 4.26. The summed E-state index contributed by atoms with van der Waals surface area (Å²) in [6.07, 6.45) is 6.52. The first kappa shape index (κ1) is 12.9. The number of halogens is 1. The molecule has 1 atom stereocenters. The van der Waals surface area contributed by atoms with Crippen LogP contribution in [0.4, 0.5) is 0 Å². The summed E-state index contributed by atoms with van der Waals surface area (Å²) in [4.78, 5) is 4.26. The van der Waals surface area contributed by atoms with E-state index < -0.39 is 0 Å². The molecule has 0 radical (unpaired) electrons. The summed E-state index contributed by atoms with van der Waals surface area (Å²) in [5, 5.41) is 3.57. The quantitative estimate of drug-likeness (QED) is 0.907. The van der Waals surface area contributed by atoms with Crippen LogP contribution in [0.25, 0.3) is 0 Å². The van der Waals surface area contributed by atoms with Crippen LogP contribution in [0.15, 0.2) is 41.3 Å². The van der Waals surface area contributed by atoms with Crippen molar-refractivity contribution in [2.75, 3.05) is 0 Å². The van der Waals surface area contributed by atoms with E-state index in [1.165, 1.54) is 24.1 Å². The first-order chi connectivity index (χ1) is 9.24. The van der Waals surface area contributed by atoms with Crippen LogP contribution in [0.1, 0.15) is 43.1 Å². The Labute approximate surface area is 122 Å². The van der Waals surface area contributed by atoms with Crippen molar-refractivity contribution in [3.63, 3.8) is 0 Å². The molecule has 2 aromatic rings. The standard InChI is InChI=1S/C15H18BrN3/c1-11(12-2-4-13(16)5-3-12)18-9-15-8-17-10-19(15)14-6-7-14/h2-5,8,10-11,14,18H,6-7,9H2,1H3/t11-/m0/s1. The molecule has 0 unspecified atom stereocenters. The van der Waals surface area contributed by atoms with E-state index in [0.29, 0.717) is 12.1 Å². The van der Waals surface area contributed by atoms with Crippen molar-refractivity contribution >= 4 is 15.9 Å². The van der Waals surface area contributed by atoms with Crippen molar-refractivity contribution in [2.24, 2.45) is 0 Å². The van der Waals surface area contributed by atoms with E-state index in [2.05, 4.69) is 62.0 Å². The number of aromatic nitrogens is 2. The van der Waals surface area contributed by atoms with Gasteiger partial charge in [-0.15, -0.1) is 0 Å². The van der Waals surface area contributed by atoms with Crippen LogP contribution in [0.5, 0.6) is 0 Å². The predicted octanol–water partition coefficient (Wildman–Crippen LogP) is 3.83. The molecule has 1 fully saturated rings. The number of nitrogens with one attached hydrogen (secondary N) is 1. The topological polar surface area (TPSA) is 29.9 Å². The summed E-state index contributed by atoms with van der Waals surface area (Å²) < 4.78 is 3.43. The van der Waals surface area contributed by atoms with Crippen LogP contribution >= 0.6 is 15.9 Å². The van der Waals surface area contributed by atoms with Crippen molar-refractivity contribution in [3.05, 3.63) is 52.5 Å². The minimum atomic E-state index is 0.343. The Morgan fingerprint density at radius 2 is 2.11 bits per heavy atom. The summed E-state index contributed by atoms with van der Waals surface area (Å²) in [6.45, 7) is 3.06. The molecule has 1 aliphatic rings. The minimum absolute atomic E-state index is 0.343. The molecule has 1 aliphatic carbocycles. The van der Waals surface area contributed by atoms with Crippen LogP contribution in [0.2, 0.25) is 0 Å². The third-order valence-corrected chi connectivity index (χ3v) is 4.17. The van der Waals surface area contributed by atoms with E-state index in [1.54, 1.807) is 0 Å². The monoisotopic (exact) mass is 319 g/mol. The van der Waals surface area contributed by atoms with Crippen LogP contribution in [0.3, 0.4) is 0 Å². The number of benzene rings is 1. The Morgan fingerprint density at radius 1 is 1.37 bits per heavy atom. The minimum Gasteiger partial charge on any atom is -0.330 e. The molecule has 1 aromatic heterocycles. The summed E-state index contributed by atoms with van der Waals surface area (Å²) in [5.74, 6) is 0. The highest BCUT2D eigenvalue weighted by molar-refractivity contribution is 9.10. The van der Waals surface area contributed by atoms with Gasteiger partial charge in [0.2, 0.25) is 0 Å². The highest BCUT2D eigenvalue weighted by Gasteiger charge is 2.25. The molecule has 1 saturated carbocycles. The van der Waals surface area contributed by atoms with Crippen LogP contribution in [-0.2, 0) is 6.54 Å². The largest absolute Gasteiger partial charge is 0.330 e. The van der Waals surface area contributed by atoms with Gasteiger partial charge < -0.3 is 9.88 Å². The second-order valence-corrected chi connectivity index (χ2v) is 6.09. The summed E-state index contributed by atoms with van der Waals surface area (Å²) >= 11 is 3.47. The van der Waals surface area contributed by atoms with Crippen LogP contribution in [-0.4, -0.2) is 9.55 Å². The van der Waals surface area contributed by atoms with Crippen molar-refractivity contribution in [3.8, 4) is 0 Å². The lowest BCUT2D eigenvalue weighted by molar-refractivity contribution is 0.547. The number of hydrogen-bond donors (Lipinski definition) is 1. The second-order valence-electron chi connectivity index (χ2n) is 5.18. The number of nitrogens with zero attached hydrogens (tertiary/aromatic N) is 2.